The van der Waals surface area contributed by atoms with E-state index in [1.54, 1.807) is 12.1 Å². The monoisotopic (exact) mass is 306 g/mol. The topological polar surface area (TPSA) is 128 Å². The highest BCUT2D eigenvalue weighted by Crippen LogP contribution is 2.19. The summed E-state index contributed by atoms with van der Waals surface area (Å²) in [6.45, 7) is 4.25. The first-order valence-corrected chi connectivity index (χ1v) is 7.70. The van der Waals surface area contributed by atoms with Crippen LogP contribution in [0.2, 0.25) is 0 Å². The molecule has 0 atom stereocenters. The Morgan fingerprint density at radius 3 is 2.57 bits per heavy atom. The van der Waals surface area contributed by atoms with Crippen molar-refractivity contribution in [2.45, 2.75) is 25.5 Å². The van der Waals surface area contributed by atoms with E-state index in [1.165, 1.54) is 10.8 Å². The average Bonchev–Trinajstić information content (AvgIpc) is 2.81. The molecule has 0 saturated heterocycles. The Balaban J connectivity index is 2.58. The number of hydrogen-bond donors (Lipinski definition) is 1. The molecule has 2 heterocycles. The summed E-state index contributed by atoms with van der Waals surface area (Å²) in [6, 6.07) is 5.13. The molecule has 0 amide bonds. The lowest BCUT2D eigenvalue weighted by atomic mass is 10.2. The Labute approximate surface area is 122 Å². The Bertz CT molecular complexity index is 786. The first kappa shape index (κ1) is 15.1. The molecule has 2 rings (SSSR count). The van der Waals surface area contributed by atoms with Crippen molar-refractivity contribution in [3.63, 3.8) is 0 Å². The van der Waals surface area contributed by atoms with Crippen LogP contribution in [-0.2, 0) is 16.6 Å². The van der Waals surface area contributed by atoms with E-state index >= 15 is 0 Å². The molecule has 0 aliphatic heterocycles. The minimum Gasteiger partial charge on any atom is -0.295 e. The van der Waals surface area contributed by atoms with Crippen molar-refractivity contribution in [2.24, 2.45) is 11.1 Å². The lowest BCUT2D eigenvalue weighted by Gasteiger charge is -2.11. The molecule has 0 aliphatic rings. The largest absolute Gasteiger partial charge is 0.295 e. The fraction of sp³-hybridized carbons (Fsp3) is 0.333. The molecule has 0 fully saturated rings. The summed E-state index contributed by atoms with van der Waals surface area (Å²) in [4.78, 5) is 4.10. The SMILES string of the molecule is CC(C)Cn1c(-c2ccc(C#N)cn2)nnc1S(N)(=O)=O. The Hall–Kier alpha value is -2.31. The standard InChI is InChI=1S/C12H14N6O2S/c1-8(2)7-18-11(16-17-12(18)21(14,19)20)10-4-3-9(5-13)6-15-10/h3-4,6,8H,7H2,1-2H3,(H2,14,19,20). The minimum absolute atomic E-state index is 0.165. The second-order valence-electron chi connectivity index (χ2n) is 4.90. The van der Waals surface area contributed by atoms with Gasteiger partial charge in [0.25, 0.3) is 15.2 Å². The first-order chi connectivity index (χ1) is 9.82. The maximum Gasteiger partial charge on any atom is 0.273 e. The van der Waals surface area contributed by atoms with E-state index in [4.69, 9.17) is 10.4 Å². The molecule has 21 heavy (non-hydrogen) atoms. The Kier molecular flexibility index (Phi) is 4.02. The zero-order chi connectivity index (χ0) is 15.6. The quantitative estimate of drug-likeness (QED) is 0.876. The van der Waals surface area contributed by atoms with Crippen molar-refractivity contribution in [3.8, 4) is 17.6 Å². The van der Waals surface area contributed by atoms with Crippen molar-refractivity contribution < 1.29 is 8.42 Å². The van der Waals surface area contributed by atoms with Crippen LogP contribution in [0.25, 0.3) is 11.5 Å². The number of pyridine rings is 1. The molecule has 8 nitrogen and oxygen atoms in total. The molecule has 110 valence electrons. The molecule has 2 aromatic heterocycles. The Morgan fingerprint density at radius 1 is 1.38 bits per heavy atom. The highest BCUT2D eigenvalue weighted by molar-refractivity contribution is 7.89. The predicted octanol–water partition coefficient (Wildman–Crippen LogP) is 0.515. The fourth-order valence-electron chi connectivity index (χ4n) is 1.81. The summed E-state index contributed by atoms with van der Waals surface area (Å²) in [5.74, 6) is 0.468. The van der Waals surface area contributed by atoms with Gasteiger partial charge in [0.05, 0.1) is 5.56 Å². The van der Waals surface area contributed by atoms with Gasteiger partial charge in [-0.2, -0.15) is 5.26 Å². The van der Waals surface area contributed by atoms with E-state index in [9.17, 15) is 8.42 Å². The highest BCUT2D eigenvalue weighted by Gasteiger charge is 2.23. The second kappa shape index (κ2) is 5.59. The summed E-state index contributed by atoms with van der Waals surface area (Å²) in [6.07, 6.45) is 1.39. The van der Waals surface area contributed by atoms with Crippen LogP contribution in [-0.4, -0.2) is 28.2 Å². The maximum absolute atomic E-state index is 11.6. The van der Waals surface area contributed by atoms with Crippen LogP contribution < -0.4 is 5.14 Å². The molecular formula is C12H14N6O2S. The van der Waals surface area contributed by atoms with Gasteiger partial charge in [0.1, 0.15) is 11.8 Å². The van der Waals surface area contributed by atoms with Gasteiger partial charge in [-0.3, -0.25) is 9.55 Å². The van der Waals surface area contributed by atoms with Crippen molar-refractivity contribution in [1.29, 1.82) is 5.26 Å². The summed E-state index contributed by atoms with van der Waals surface area (Å²) < 4.78 is 24.6. The van der Waals surface area contributed by atoms with Crippen LogP contribution in [0.4, 0.5) is 0 Å². The first-order valence-electron chi connectivity index (χ1n) is 6.15. The molecule has 0 spiro atoms. The van der Waals surface area contributed by atoms with E-state index in [0.29, 0.717) is 23.6 Å². The highest BCUT2D eigenvalue weighted by atomic mass is 32.2. The minimum atomic E-state index is -3.97. The van der Waals surface area contributed by atoms with Gasteiger partial charge in [-0.15, -0.1) is 10.2 Å². The van der Waals surface area contributed by atoms with E-state index in [2.05, 4.69) is 15.2 Å². The summed E-state index contributed by atoms with van der Waals surface area (Å²) in [5.41, 5.74) is 0.831. The third-order valence-corrected chi connectivity index (χ3v) is 3.45. The molecule has 0 aliphatic carbocycles. The molecule has 0 bridgehead atoms. The second-order valence-corrected chi connectivity index (χ2v) is 6.35. The number of hydrogen-bond acceptors (Lipinski definition) is 6. The number of rotatable bonds is 4. The fourth-order valence-corrected chi connectivity index (χ4v) is 2.43. The summed E-state index contributed by atoms with van der Waals surface area (Å²) in [5, 5.41) is 21.2. The molecule has 2 aromatic rings. The lowest BCUT2D eigenvalue weighted by Crippen LogP contribution is -2.20. The summed E-state index contributed by atoms with van der Waals surface area (Å²) in [7, 11) is -3.97. The molecule has 0 unspecified atom stereocenters. The lowest BCUT2D eigenvalue weighted by molar-refractivity contribution is 0.486. The molecule has 0 saturated carbocycles. The van der Waals surface area contributed by atoms with Gasteiger partial charge in [0.2, 0.25) is 0 Å². The molecule has 0 aromatic carbocycles. The van der Waals surface area contributed by atoms with Crippen molar-refractivity contribution in [2.75, 3.05) is 0 Å². The normalized spacial score (nSPS) is 11.6. The number of sulfonamides is 1. The predicted molar refractivity (Wildman–Crippen MR) is 74.2 cm³/mol. The van der Waals surface area contributed by atoms with Gasteiger partial charge >= 0.3 is 0 Å². The molecular weight excluding hydrogens is 292 g/mol. The summed E-state index contributed by atoms with van der Waals surface area (Å²) >= 11 is 0. The van der Waals surface area contributed by atoms with Crippen LogP contribution in [0.15, 0.2) is 23.5 Å². The van der Waals surface area contributed by atoms with Crippen LogP contribution in [0.1, 0.15) is 19.4 Å². The van der Waals surface area contributed by atoms with Gasteiger partial charge in [-0.1, -0.05) is 13.8 Å². The number of aromatic nitrogens is 4. The molecule has 9 heteroatoms. The Morgan fingerprint density at radius 2 is 2.10 bits per heavy atom. The van der Waals surface area contributed by atoms with Crippen molar-refractivity contribution >= 4 is 10.0 Å². The third-order valence-electron chi connectivity index (χ3n) is 2.64. The van der Waals surface area contributed by atoms with Crippen LogP contribution >= 0.6 is 0 Å². The van der Waals surface area contributed by atoms with E-state index in [0.717, 1.165) is 0 Å². The third kappa shape index (κ3) is 3.24. The number of nitriles is 1. The smallest absolute Gasteiger partial charge is 0.273 e. The van der Waals surface area contributed by atoms with Crippen LogP contribution in [0.3, 0.4) is 0 Å². The van der Waals surface area contributed by atoms with E-state index in [-0.39, 0.29) is 11.1 Å². The number of nitrogens with two attached hydrogens (primary N) is 1. The zero-order valence-corrected chi connectivity index (χ0v) is 12.4. The van der Waals surface area contributed by atoms with Crippen LogP contribution in [0, 0.1) is 17.2 Å². The molecule has 0 radical (unpaired) electrons. The van der Waals surface area contributed by atoms with Crippen LogP contribution in [0.5, 0.6) is 0 Å². The average molecular weight is 306 g/mol. The van der Waals surface area contributed by atoms with Gasteiger partial charge in [0, 0.05) is 12.7 Å². The molecule has 2 N–H and O–H groups in total. The number of primary sulfonamides is 1. The van der Waals surface area contributed by atoms with Crippen molar-refractivity contribution in [3.05, 3.63) is 23.9 Å². The zero-order valence-electron chi connectivity index (χ0n) is 11.6. The van der Waals surface area contributed by atoms with Crippen molar-refractivity contribution in [1.82, 2.24) is 19.7 Å². The van der Waals surface area contributed by atoms with Gasteiger partial charge in [-0.05, 0) is 18.1 Å². The van der Waals surface area contributed by atoms with Gasteiger partial charge in [-0.25, -0.2) is 13.6 Å². The number of nitrogens with zero attached hydrogens (tertiary/aromatic N) is 5. The van der Waals surface area contributed by atoms with E-state index < -0.39 is 10.0 Å². The van der Waals surface area contributed by atoms with E-state index in [1.807, 2.05) is 19.9 Å². The maximum atomic E-state index is 11.6. The van der Waals surface area contributed by atoms with Gasteiger partial charge in [0.15, 0.2) is 5.82 Å². The van der Waals surface area contributed by atoms with Gasteiger partial charge < -0.3 is 0 Å².